The van der Waals surface area contributed by atoms with E-state index in [1.807, 2.05) is 48.5 Å². The Morgan fingerprint density at radius 2 is 1.63 bits per heavy atom. The largest absolute Gasteiger partial charge is 0.497 e. The molecule has 0 aromatic heterocycles. The zero-order valence-corrected chi connectivity index (χ0v) is 29.8. The van der Waals surface area contributed by atoms with Gasteiger partial charge in [0.2, 0.25) is 9.04 Å². The first kappa shape index (κ1) is 35.2. The average molecular weight is 646 g/mol. The van der Waals surface area contributed by atoms with Crippen molar-refractivity contribution in [3.63, 3.8) is 0 Å². The Kier molecular flexibility index (Phi) is 12.1. The van der Waals surface area contributed by atoms with Crippen LogP contribution in [0.15, 0.2) is 60.7 Å². The Morgan fingerprint density at radius 1 is 0.913 bits per heavy atom. The maximum atomic E-state index is 6.38. The van der Waals surface area contributed by atoms with E-state index in [0.717, 1.165) is 47.0 Å². The summed E-state index contributed by atoms with van der Waals surface area (Å²) in [5.41, 5.74) is 2.89. The van der Waals surface area contributed by atoms with E-state index in [2.05, 4.69) is 64.8 Å². The van der Waals surface area contributed by atoms with Gasteiger partial charge in [0.05, 0.1) is 32.8 Å². The molecule has 3 aromatic carbocycles. The van der Waals surface area contributed by atoms with Gasteiger partial charge < -0.3 is 32.8 Å². The third-order valence-electron chi connectivity index (χ3n) is 8.17. The summed E-state index contributed by atoms with van der Waals surface area (Å²) in [4.78, 5) is 0. The molecule has 8 heteroatoms. The van der Waals surface area contributed by atoms with Crippen molar-refractivity contribution < 1.29 is 32.8 Å². The van der Waals surface area contributed by atoms with Gasteiger partial charge in [0, 0.05) is 35.8 Å². The van der Waals surface area contributed by atoms with Crippen molar-refractivity contribution in [1.29, 1.82) is 0 Å². The van der Waals surface area contributed by atoms with Crippen LogP contribution in [0.3, 0.4) is 0 Å². The van der Waals surface area contributed by atoms with Crippen LogP contribution >= 0.6 is 0 Å². The van der Waals surface area contributed by atoms with E-state index in [0.29, 0.717) is 12.4 Å². The summed E-state index contributed by atoms with van der Waals surface area (Å²) in [7, 11) is 4.07. The van der Waals surface area contributed by atoms with E-state index in [9.17, 15) is 0 Å². The molecule has 0 spiro atoms. The lowest BCUT2D eigenvalue weighted by Gasteiger charge is -2.41. The first-order valence-corrected chi connectivity index (χ1v) is 18.2. The normalized spacial score (nSPS) is 18.1. The van der Waals surface area contributed by atoms with Gasteiger partial charge in [-0.15, -0.1) is 0 Å². The van der Waals surface area contributed by atoms with Crippen molar-refractivity contribution in [3.05, 3.63) is 77.4 Å². The second kappa shape index (κ2) is 15.8. The Morgan fingerprint density at radius 3 is 2.28 bits per heavy atom. The molecule has 0 amide bonds. The third-order valence-corrected chi connectivity index (χ3v) is 8.93. The fourth-order valence-electron chi connectivity index (χ4n) is 5.67. The van der Waals surface area contributed by atoms with Crippen molar-refractivity contribution >= 4 is 9.04 Å². The molecule has 1 aliphatic rings. The molecule has 247 valence electrons. The molecule has 3 unspecified atom stereocenters. The van der Waals surface area contributed by atoms with E-state index in [1.165, 1.54) is 5.56 Å². The van der Waals surface area contributed by atoms with Crippen LogP contribution in [-0.4, -0.2) is 50.4 Å². The van der Waals surface area contributed by atoms with Crippen LogP contribution in [0, 0.1) is 17.3 Å². The molecule has 7 nitrogen and oxygen atoms in total. The summed E-state index contributed by atoms with van der Waals surface area (Å²) in [5.74, 6) is 10.3. The van der Waals surface area contributed by atoms with E-state index < -0.39 is 14.5 Å². The van der Waals surface area contributed by atoms with E-state index >= 15 is 0 Å². The predicted molar refractivity (Wildman–Crippen MR) is 184 cm³/mol. The van der Waals surface area contributed by atoms with Crippen LogP contribution in [0.25, 0.3) is 0 Å². The number of rotatable bonds is 13. The van der Waals surface area contributed by atoms with Gasteiger partial charge in [-0.05, 0) is 61.2 Å². The number of methoxy groups -OCH3 is 3. The van der Waals surface area contributed by atoms with Crippen molar-refractivity contribution in [2.75, 3.05) is 41.3 Å². The van der Waals surface area contributed by atoms with Gasteiger partial charge in [0.1, 0.15) is 35.4 Å². The van der Waals surface area contributed by atoms with Gasteiger partial charge in [-0.3, -0.25) is 0 Å². The van der Waals surface area contributed by atoms with Gasteiger partial charge in [-0.25, -0.2) is 0 Å². The van der Waals surface area contributed by atoms with E-state index in [-0.39, 0.29) is 30.8 Å². The number of ether oxygens (including phenoxy) is 6. The molecule has 0 saturated carbocycles. The van der Waals surface area contributed by atoms with E-state index in [1.54, 1.807) is 21.3 Å². The molecule has 0 fully saturated rings. The number of hydrogen-bond donors (Lipinski definition) is 0. The summed E-state index contributed by atoms with van der Waals surface area (Å²) in [6.07, 6.45) is 2.19. The SMILES string of the molecule is COCOc1ccc2c(c1)OCC(C)(c1ccc(OC)cc1OC)C2C#CCOc1ccc(C(CCC(C)(C)C)O[Si](C)C)cc1. The maximum absolute atomic E-state index is 6.38. The third kappa shape index (κ3) is 9.00. The molecule has 1 aliphatic heterocycles. The van der Waals surface area contributed by atoms with Crippen LogP contribution in [-0.2, 0) is 14.6 Å². The fourth-order valence-corrected chi connectivity index (χ4v) is 6.50. The van der Waals surface area contributed by atoms with Gasteiger partial charge >= 0.3 is 0 Å². The lowest BCUT2D eigenvalue weighted by atomic mass is 9.68. The number of fused-ring (bicyclic) bond motifs is 1. The predicted octanol–water partition coefficient (Wildman–Crippen LogP) is 8.34. The van der Waals surface area contributed by atoms with Gasteiger partial charge in [-0.1, -0.05) is 63.8 Å². The summed E-state index contributed by atoms with van der Waals surface area (Å²) < 4.78 is 40.9. The fraction of sp³-hybridized carbons (Fsp3) is 0.474. The molecule has 0 aliphatic carbocycles. The van der Waals surface area contributed by atoms with Crippen molar-refractivity contribution in [2.45, 2.75) is 71.1 Å². The highest BCUT2D eigenvalue weighted by molar-refractivity contribution is 6.48. The van der Waals surface area contributed by atoms with Crippen molar-refractivity contribution in [1.82, 2.24) is 0 Å². The summed E-state index contributed by atoms with van der Waals surface area (Å²) >= 11 is 0. The summed E-state index contributed by atoms with van der Waals surface area (Å²) in [5, 5.41) is 0. The summed E-state index contributed by atoms with van der Waals surface area (Å²) in [6, 6.07) is 20.0. The number of benzene rings is 3. The topological polar surface area (TPSA) is 64.6 Å². The van der Waals surface area contributed by atoms with Crippen LogP contribution in [0.5, 0.6) is 28.7 Å². The number of hydrogen-bond acceptors (Lipinski definition) is 7. The molecule has 0 bridgehead atoms. The Bertz CT molecular complexity index is 1490. The molecule has 4 rings (SSSR count). The first-order valence-electron chi connectivity index (χ1n) is 15.8. The van der Waals surface area contributed by atoms with Crippen LogP contribution in [0.4, 0.5) is 0 Å². The zero-order valence-electron chi connectivity index (χ0n) is 28.8. The second-order valence-corrected chi connectivity index (χ2v) is 15.3. The van der Waals surface area contributed by atoms with Crippen LogP contribution in [0.1, 0.15) is 69.2 Å². The summed E-state index contributed by atoms with van der Waals surface area (Å²) in [6.45, 7) is 14.2. The standard InChI is InChI=1S/C38H49O7Si/c1-37(2,3)21-20-34(45-46(8)9)27-12-14-28(15-13-27)42-22-10-11-32-31-18-16-30(44-26-39-5)24-35(31)43-25-38(32,4)33-19-17-29(40-6)23-36(33)41-7/h12-19,23-24,32,34H,20-22,25-26H2,1-9H3. The Hall–Kier alpha value is -3.64. The Balaban J connectivity index is 1.57. The van der Waals surface area contributed by atoms with Crippen molar-refractivity contribution in [2.24, 2.45) is 5.41 Å². The van der Waals surface area contributed by atoms with Gasteiger partial charge in [0.15, 0.2) is 6.79 Å². The van der Waals surface area contributed by atoms with Gasteiger partial charge in [-0.2, -0.15) is 0 Å². The van der Waals surface area contributed by atoms with Gasteiger partial charge in [0.25, 0.3) is 0 Å². The molecule has 3 aromatic rings. The minimum Gasteiger partial charge on any atom is -0.497 e. The average Bonchev–Trinajstić information content (AvgIpc) is 3.04. The maximum Gasteiger partial charge on any atom is 0.205 e. The highest BCUT2D eigenvalue weighted by Gasteiger charge is 2.44. The smallest absolute Gasteiger partial charge is 0.205 e. The molecular weight excluding hydrogens is 596 g/mol. The molecular formula is C38H49O7Si. The lowest BCUT2D eigenvalue weighted by molar-refractivity contribution is 0.0507. The Labute approximate surface area is 277 Å². The minimum atomic E-state index is -0.835. The monoisotopic (exact) mass is 645 g/mol. The second-order valence-electron chi connectivity index (χ2n) is 13.2. The van der Waals surface area contributed by atoms with Crippen molar-refractivity contribution in [3.8, 4) is 40.6 Å². The van der Waals surface area contributed by atoms with Crippen LogP contribution in [0.2, 0.25) is 13.1 Å². The quantitative estimate of drug-likeness (QED) is 0.105. The zero-order chi connectivity index (χ0) is 33.3. The lowest BCUT2D eigenvalue weighted by Crippen LogP contribution is -2.40. The highest BCUT2D eigenvalue weighted by atomic mass is 28.3. The molecule has 3 atom stereocenters. The minimum absolute atomic E-state index is 0.0959. The molecule has 0 saturated heterocycles. The molecule has 46 heavy (non-hydrogen) atoms. The first-order chi connectivity index (χ1) is 22.0. The molecule has 0 N–H and O–H groups in total. The molecule has 1 radical (unpaired) electrons. The molecule has 1 heterocycles. The van der Waals surface area contributed by atoms with E-state index in [4.69, 9.17) is 32.8 Å². The highest BCUT2D eigenvalue weighted by Crippen LogP contribution is 2.50. The van der Waals surface area contributed by atoms with Crippen LogP contribution < -0.4 is 23.7 Å².